The number of hydrogen-bond acceptors (Lipinski definition) is 3. The molecule has 3 nitrogen and oxygen atoms in total. The summed E-state index contributed by atoms with van der Waals surface area (Å²) in [7, 11) is 0. The van der Waals surface area contributed by atoms with Crippen LogP contribution in [0, 0.1) is 0 Å². The average Bonchev–Trinajstić information content (AvgIpc) is 2.30. The molecule has 1 aromatic rings. The monoisotopic (exact) mass is 312 g/mol. The summed E-state index contributed by atoms with van der Waals surface area (Å²) in [6.07, 6.45) is -7.59. The van der Waals surface area contributed by atoms with Crippen molar-refractivity contribution in [3.63, 3.8) is 0 Å². The predicted octanol–water partition coefficient (Wildman–Crippen LogP) is 4.12. The molecule has 0 saturated carbocycles. The molecule has 7 heteroatoms. The summed E-state index contributed by atoms with van der Waals surface area (Å²) in [5.74, 6) is 0.595. The lowest BCUT2D eigenvalue weighted by Crippen LogP contribution is -2.14. The second-order valence-corrected chi connectivity index (χ2v) is 4.43. The molecule has 114 valence electrons. The van der Waals surface area contributed by atoms with Crippen molar-refractivity contribution in [2.45, 2.75) is 32.5 Å². The summed E-state index contributed by atoms with van der Waals surface area (Å²) >= 11 is 5.90. The van der Waals surface area contributed by atoms with E-state index < -0.39 is 18.7 Å². The van der Waals surface area contributed by atoms with Gasteiger partial charge in [-0.2, -0.15) is 13.2 Å². The number of benzene rings is 1. The summed E-state index contributed by atoms with van der Waals surface area (Å²) < 4.78 is 47.5. The molecule has 1 N–H and O–H groups in total. The van der Waals surface area contributed by atoms with Crippen LogP contribution in [0.3, 0.4) is 0 Å². The third-order valence-corrected chi connectivity index (χ3v) is 2.77. The van der Waals surface area contributed by atoms with Gasteiger partial charge in [-0.3, -0.25) is 0 Å². The number of aliphatic hydroxyl groups excluding tert-OH is 1. The summed E-state index contributed by atoms with van der Waals surface area (Å²) in [6.45, 7) is 4.17. The van der Waals surface area contributed by atoms with E-state index in [0.29, 0.717) is 19.0 Å². The lowest BCUT2D eigenvalue weighted by atomic mass is 10.1. The van der Waals surface area contributed by atoms with Gasteiger partial charge in [0.25, 0.3) is 0 Å². The minimum atomic E-state index is -4.48. The summed E-state index contributed by atoms with van der Waals surface area (Å²) in [5.41, 5.74) is -0.0316. The third kappa shape index (κ3) is 4.76. The highest BCUT2D eigenvalue weighted by Crippen LogP contribution is 2.39. The van der Waals surface area contributed by atoms with Crippen molar-refractivity contribution in [2.75, 3.05) is 13.2 Å². The van der Waals surface area contributed by atoms with Gasteiger partial charge in [0.15, 0.2) is 11.5 Å². The van der Waals surface area contributed by atoms with E-state index in [1.54, 1.807) is 13.8 Å². The molecule has 1 unspecified atom stereocenters. The second kappa shape index (κ2) is 7.04. The Morgan fingerprint density at radius 3 is 2.10 bits per heavy atom. The smallest absolute Gasteiger partial charge is 0.391 e. The first-order valence-corrected chi connectivity index (χ1v) is 6.50. The molecule has 0 aliphatic rings. The first-order valence-electron chi connectivity index (χ1n) is 6.12. The normalized spacial score (nSPS) is 13.2. The fourth-order valence-corrected chi connectivity index (χ4v) is 1.95. The lowest BCUT2D eigenvalue weighted by molar-refractivity contribution is -0.154. The maximum absolute atomic E-state index is 12.3. The zero-order valence-electron chi connectivity index (χ0n) is 11.1. The molecular weight excluding hydrogens is 297 g/mol. The molecule has 0 fully saturated rings. The van der Waals surface area contributed by atoms with Crippen LogP contribution in [0.1, 0.15) is 31.9 Å². The molecular formula is C13H16ClF3O3. The third-order valence-electron chi connectivity index (χ3n) is 2.45. The Labute approximate surface area is 120 Å². The Hall–Kier alpha value is -1.14. The molecule has 0 radical (unpaired) electrons. The standard InChI is InChI=1S/C13H16ClF3O3/c1-3-19-11-5-8(10(18)7-13(15,16)17)9(14)6-12(11)20-4-2/h5-6,10,18H,3-4,7H2,1-2H3. The van der Waals surface area contributed by atoms with E-state index in [9.17, 15) is 18.3 Å². The molecule has 20 heavy (non-hydrogen) atoms. The van der Waals surface area contributed by atoms with E-state index >= 15 is 0 Å². The van der Waals surface area contributed by atoms with Crippen molar-refractivity contribution < 1.29 is 27.8 Å². The molecule has 0 aliphatic heterocycles. The number of hydrogen-bond donors (Lipinski definition) is 1. The highest BCUT2D eigenvalue weighted by molar-refractivity contribution is 6.31. The van der Waals surface area contributed by atoms with Crippen LogP contribution in [0.5, 0.6) is 11.5 Å². The SMILES string of the molecule is CCOc1cc(Cl)c(C(O)CC(F)(F)F)cc1OCC. The van der Waals surface area contributed by atoms with E-state index in [1.807, 2.05) is 0 Å². The Bertz CT molecular complexity index is 449. The maximum atomic E-state index is 12.3. The first kappa shape index (κ1) is 16.9. The minimum Gasteiger partial charge on any atom is -0.490 e. The Balaban J connectivity index is 3.10. The van der Waals surface area contributed by atoms with Crippen LogP contribution < -0.4 is 9.47 Å². The number of alkyl halides is 3. The molecule has 1 aromatic carbocycles. The van der Waals surface area contributed by atoms with E-state index in [1.165, 1.54) is 12.1 Å². The molecule has 0 saturated heterocycles. The van der Waals surface area contributed by atoms with E-state index in [0.717, 1.165) is 0 Å². The average molecular weight is 313 g/mol. The summed E-state index contributed by atoms with van der Waals surface area (Å²) in [5, 5.41) is 9.66. The molecule has 0 aliphatic carbocycles. The van der Waals surface area contributed by atoms with Gasteiger partial charge >= 0.3 is 6.18 Å². The topological polar surface area (TPSA) is 38.7 Å². The van der Waals surface area contributed by atoms with Gasteiger partial charge in [-0.25, -0.2) is 0 Å². The largest absolute Gasteiger partial charge is 0.490 e. The van der Waals surface area contributed by atoms with Crippen molar-refractivity contribution in [3.05, 3.63) is 22.7 Å². The van der Waals surface area contributed by atoms with Crippen LogP contribution >= 0.6 is 11.6 Å². The number of halogens is 4. The molecule has 0 bridgehead atoms. The van der Waals surface area contributed by atoms with Gasteiger partial charge in [0, 0.05) is 11.6 Å². The van der Waals surface area contributed by atoms with Gasteiger partial charge in [-0.05, 0) is 19.9 Å². The maximum Gasteiger partial charge on any atom is 0.391 e. The fraction of sp³-hybridized carbons (Fsp3) is 0.538. The molecule has 0 amide bonds. The first-order chi connectivity index (χ1) is 9.28. The highest BCUT2D eigenvalue weighted by Gasteiger charge is 2.33. The van der Waals surface area contributed by atoms with Gasteiger partial charge in [0.05, 0.1) is 30.8 Å². The van der Waals surface area contributed by atoms with Crippen molar-refractivity contribution in [3.8, 4) is 11.5 Å². The highest BCUT2D eigenvalue weighted by atomic mass is 35.5. The number of rotatable bonds is 6. The minimum absolute atomic E-state index is 0.00801. The number of ether oxygens (including phenoxy) is 2. The number of aliphatic hydroxyl groups is 1. The van der Waals surface area contributed by atoms with Crippen molar-refractivity contribution in [1.82, 2.24) is 0 Å². The second-order valence-electron chi connectivity index (χ2n) is 4.02. The molecule has 0 aromatic heterocycles. The van der Waals surface area contributed by atoms with Gasteiger partial charge < -0.3 is 14.6 Å². The Kier molecular flexibility index (Phi) is 5.95. The van der Waals surface area contributed by atoms with Crippen molar-refractivity contribution in [1.29, 1.82) is 0 Å². The molecule has 1 atom stereocenters. The fourth-order valence-electron chi connectivity index (χ4n) is 1.67. The molecule has 0 spiro atoms. The van der Waals surface area contributed by atoms with Crippen LogP contribution in [0.15, 0.2) is 12.1 Å². The zero-order chi connectivity index (χ0) is 15.3. The summed E-state index contributed by atoms with van der Waals surface area (Å²) in [4.78, 5) is 0. The van der Waals surface area contributed by atoms with Gasteiger partial charge in [0.1, 0.15) is 0 Å². The van der Waals surface area contributed by atoms with E-state index in [-0.39, 0.29) is 16.3 Å². The van der Waals surface area contributed by atoms with Gasteiger partial charge in [0.2, 0.25) is 0 Å². The van der Waals surface area contributed by atoms with E-state index in [4.69, 9.17) is 21.1 Å². The molecule has 1 rings (SSSR count). The summed E-state index contributed by atoms with van der Waals surface area (Å²) in [6, 6.07) is 2.64. The van der Waals surface area contributed by atoms with Crippen LogP contribution in [0.25, 0.3) is 0 Å². The Morgan fingerprint density at radius 1 is 1.15 bits per heavy atom. The zero-order valence-corrected chi connectivity index (χ0v) is 11.9. The quantitative estimate of drug-likeness (QED) is 0.858. The van der Waals surface area contributed by atoms with Crippen molar-refractivity contribution in [2.24, 2.45) is 0 Å². The Morgan fingerprint density at radius 2 is 1.65 bits per heavy atom. The van der Waals surface area contributed by atoms with Crippen LogP contribution in [0.2, 0.25) is 5.02 Å². The lowest BCUT2D eigenvalue weighted by Gasteiger charge is -2.18. The van der Waals surface area contributed by atoms with Crippen LogP contribution in [-0.4, -0.2) is 24.5 Å². The van der Waals surface area contributed by atoms with Gasteiger partial charge in [-0.1, -0.05) is 11.6 Å². The van der Waals surface area contributed by atoms with Crippen LogP contribution in [-0.2, 0) is 0 Å². The molecule has 0 heterocycles. The van der Waals surface area contributed by atoms with E-state index in [2.05, 4.69) is 0 Å². The predicted molar refractivity (Wildman–Crippen MR) is 69.4 cm³/mol. The van der Waals surface area contributed by atoms with Crippen LogP contribution in [0.4, 0.5) is 13.2 Å². The van der Waals surface area contributed by atoms with Crippen molar-refractivity contribution >= 4 is 11.6 Å². The van der Waals surface area contributed by atoms with Gasteiger partial charge in [-0.15, -0.1) is 0 Å².